The van der Waals surface area contributed by atoms with Crippen LogP contribution in [0.25, 0.3) is 11.0 Å². The van der Waals surface area contributed by atoms with E-state index in [0.29, 0.717) is 31.3 Å². The molecule has 2 aromatic carbocycles. The number of hydrogen-bond acceptors (Lipinski definition) is 5. The first-order valence-electron chi connectivity index (χ1n) is 10.9. The van der Waals surface area contributed by atoms with Crippen molar-refractivity contribution in [3.05, 3.63) is 59.7 Å². The van der Waals surface area contributed by atoms with Crippen LogP contribution in [0, 0.1) is 11.3 Å². The number of para-hydroxylation sites is 2. The largest absolute Gasteiger partial charge is 0.462 e. The second-order valence-electron chi connectivity index (χ2n) is 9.06. The standard InChI is InChI=1S/C25H28N4O3/c1-25(2,3)32-24(30)28-14-6-7-20(28)17-31-23-27-21-8-4-5-9-22(21)29(23)16-19-12-10-18(15-26)11-13-19/h4-5,8-13,20H,6-7,14,16-17H2,1-3H3. The van der Waals surface area contributed by atoms with Crippen LogP contribution in [0.3, 0.4) is 0 Å². The summed E-state index contributed by atoms with van der Waals surface area (Å²) in [6, 6.07) is 18.0. The highest BCUT2D eigenvalue weighted by Crippen LogP contribution is 2.25. The number of amides is 1. The van der Waals surface area contributed by atoms with Crippen LogP contribution in [0.4, 0.5) is 4.79 Å². The Balaban J connectivity index is 1.53. The van der Waals surface area contributed by atoms with Crippen molar-refractivity contribution in [3.63, 3.8) is 0 Å². The molecule has 1 aromatic heterocycles. The summed E-state index contributed by atoms with van der Waals surface area (Å²) in [5.41, 5.74) is 2.98. The monoisotopic (exact) mass is 432 g/mol. The summed E-state index contributed by atoms with van der Waals surface area (Å²) in [7, 11) is 0. The van der Waals surface area contributed by atoms with Gasteiger partial charge in [0.05, 0.1) is 35.3 Å². The highest BCUT2D eigenvalue weighted by Gasteiger charge is 2.33. The molecule has 0 saturated carbocycles. The summed E-state index contributed by atoms with van der Waals surface area (Å²) in [6.07, 6.45) is 1.50. The number of imidazole rings is 1. The quantitative estimate of drug-likeness (QED) is 0.582. The van der Waals surface area contributed by atoms with Gasteiger partial charge in [-0.15, -0.1) is 0 Å². The molecular formula is C25H28N4O3. The van der Waals surface area contributed by atoms with E-state index in [1.54, 1.807) is 4.90 Å². The lowest BCUT2D eigenvalue weighted by Gasteiger charge is -2.28. The third-order valence-corrected chi connectivity index (χ3v) is 5.45. The van der Waals surface area contributed by atoms with Crippen LogP contribution in [-0.2, 0) is 11.3 Å². The number of fused-ring (bicyclic) bond motifs is 1. The number of aromatic nitrogens is 2. The second kappa shape index (κ2) is 8.91. The molecule has 2 heterocycles. The number of ether oxygens (including phenoxy) is 2. The van der Waals surface area contributed by atoms with E-state index in [0.717, 1.165) is 29.4 Å². The van der Waals surface area contributed by atoms with Crippen molar-refractivity contribution < 1.29 is 14.3 Å². The Morgan fingerprint density at radius 3 is 2.66 bits per heavy atom. The maximum Gasteiger partial charge on any atom is 0.410 e. The fraction of sp³-hybridized carbons (Fsp3) is 0.400. The minimum atomic E-state index is -0.528. The van der Waals surface area contributed by atoms with Crippen LogP contribution in [0.2, 0.25) is 0 Å². The van der Waals surface area contributed by atoms with Gasteiger partial charge in [-0.3, -0.25) is 4.57 Å². The van der Waals surface area contributed by atoms with E-state index in [1.165, 1.54) is 0 Å². The van der Waals surface area contributed by atoms with Gasteiger partial charge in [0.15, 0.2) is 0 Å². The van der Waals surface area contributed by atoms with Crippen molar-refractivity contribution >= 4 is 17.1 Å². The molecular weight excluding hydrogens is 404 g/mol. The number of carbonyl (C=O) groups excluding carboxylic acids is 1. The molecule has 4 rings (SSSR count). The maximum absolute atomic E-state index is 12.6. The maximum atomic E-state index is 12.6. The van der Waals surface area contributed by atoms with E-state index in [9.17, 15) is 4.79 Å². The van der Waals surface area contributed by atoms with Crippen LogP contribution in [0.5, 0.6) is 6.01 Å². The lowest BCUT2D eigenvalue weighted by Crippen LogP contribution is -2.42. The molecule has 1 amide bonds. The van der Waals surface area contributed by atoms with E-state index in [2.05, 4.69) is 11.1 Å². The number of carbonyl (C=O) groups is 1. The van der Waals surface area contributed by atoms with Gasteiger partial charge in [0.1, 0.15) is 12.2 Å². The zero-order chi connectivity index (χ0) is 22.7. The lowest BCUT2D eigenvalue weighted by atomic mass is 10.1. The van der Waals surface area contributed by atoms with Crippen molar-refractivity contribution in [1.29, 1.82) is 5.26 Å². The van der Waals surface area contributed by atoms with E-state index in [1.807, 2.05) is 73.9 Å². The molecule has 0 spiro atoms. The predicted octanol–water partition coefficient (Wildman–Crippen LogP) is 4.73. The zero-order valence-corrected chi connectivity index (χ0v) is 18.7. The van der Waals surface area contributed by atoms with E-state index < -0.39 is 5.60 Å². The van der Waals surface area contributed by atoms with Gasteiger partial charge in [-0.25, -0.2) is 4.79 Å². The Morgan fingerprint density at radius 1 is 1.19 bits per heavy atom. The van der Waals surface area contributed by atoms with Gasteiger partial charge in [0.25, 0.3) is 6.01 Å². The van der Waals surface area contributed by atoms with E-state index in [-0.39, 0.29) is 12.1 Å². The lowest BCUT2D eigenvalue weighted by molar-refractivity contribution is 0.0183. The number of nitriles is 1. The second-order valence-corrected chi connectivity index (χ2v) is 9.06. The van der Waals surface area contributed by atoms with Crippen molar-refractivity contribution in [2.75, 3.05) is 13.2 Å². The molecule has 32 heavy (non-hydrogen) atoms. The van der Waals surface area contributed by atoms with Gasteiger partial charge in [-0.05, 0) is 63.4 Å². The third-order valence-electron chi connectivity index (χ3n) is 5.45. The van der Waals surface area contributed by atoms with Gasteiger partial charge in [-0.1, -0.05) is 24.3 Å². The molecule has 1 aliphatic rings. The Bertz CT molecular complexity index is 1140. The highest BCUT2D eigenvalue weighted by atomic mass is 16.6. The third kappa shape index (κ3) is 4.86. The van der Waals surface area contributed by atoms with Crippen molar-refractivity contribution in [2.24, 2.45) is 0 Å². The molecule has 7 nitrogen and oxygen atoms in total. The number of likely N-dealkylation sites (tertiary alicyclic amines) is 1. The summed E-state index contributed by atoms with van der Waals surface area (Å²) in [5, 5.41) is 9.05. The fourth-order valence-electron chi connectivity index (χ4n) is 3.92. The zero-order valence-electron chi connectivity index (χ0n) is 18.7. The number of hydrogen-bond donors (Lipinski definition) is 0. The van der Waals surface area contributed by atoms with Gasteiger partial charge in [-0.2, -0.15) is 10.2 Å². The first kappa shape index (κ1) is 21.7. The van der Waals surface area contributed by atoms with Crippen LogP contribution < -0.4 is 4.74 Å². The molecule has 1 saturated heterocycles. The summed E-state index contributed by atoms with van der Waals surface area (Å²) >= 11 is 0. The topological polar surface area (TPSA) is 80.4 Å². The summed E-state index contributed by atoms with van der Waals surface area (Å²) in [5.74, 6) is 0. The molecule has 7 heteroatoms. The first-order chi connectivity index (χ1) is 15.3. The molecule has 0 aliphatic carbocycles. The molecule has 1 fully saturated rings. The average Bonchev–Trinajstić information content (AvgIpc) is 3.36. The Kier molecular flexibility index (Phi) is 6.04. The van der Waals surface area contributed by atoms with Crippen molar-refractivity contribution in [3.8, 4) is 12.1 Å². The summed E-state index contributed by atoms with van der Waals surface area (Å²) in [6.45, 7) is 7.22. The summed E-state index contributed by atoms with van der Waals surface area (Å²) in [4.78, 5) is 19.0. The molecule has 3 aromatic rings. The van der Waals surface area contributed by atoms with Crippen LogP contribution in [0.1, 0.15) is 44.7 Å². The SMILES string of the molecule is CC(C)(C)OC(=O)N1CCCC1COc1nc2ccccc2n1Cc1ccc(C#N)cc1. The number of rotatable bonds is 5. The molecule has 1 unspecified atom stereocenters. The van der Waals surface area contributed by atoms with Gasteiger partial charge >= 0.3 is 6.09 Å². The number of benzene rings is 2. The minimum absolute atomic E-state index is 0.0481. The van der Waals surface area contributed by atoms with Gasteiger partial charge < -0.3 is 14.4 Å². The van der Waals surface area contributed by atoms with Gasteiger partial charge in [0.2, 0.25) is 0 Å². The van der Waals surface area contributed by atoms with Crippen molar-refractivity contribution in [2.45, 2.75) is 51.8 Å². The van der Waals surface area contributed by atoms with Crippen LogP contribution in [-0.4, -0.2) is 45.3 Å². The summed E-state index contributed by atoms with van der Waals surface area (Å²) < 4.78 is 13.8. The predicted molar refractivity (Wildman–Crippen MR) is 121 cm³/mol. The smallest absolute Gasteiger partial charge is 0.410 e. The van der Waals surface area contributed by atoms with Gasteiger partial charge in [0, 0.05) is 6.54 Å². The molecule has 166 valence electrons. The number of nitrogens with zero attached hydrogens (tertiary/aromatic N) is 4. The molecule has 1 aliphatic heterocycles. The van der Waals surface area contributed by atoms with Crippen LogP contribution in [0.15, 0.2) is 48.5 Å². The van der Waals surface area contributed by atoms with Crippen molar-refractivity contribution in [1.82, 2.24) is 14.5 Å². The van der Waals surface area contributed by atoms with E-state index in [4.69, 9.17) is 14.7 Å². The molecule has 1 atom stereocenters. The Hall–Kier alpha value is -3.53. The normalized spacial score (nSPS) is 16.2. The van der Waals surface area contributed by atoms with Crippen LogP contribution >= 0.6 is 0 Å². The molecule has 0 bridgehead atoms. The van der Waals surface area contributed by atoms with E-state index >= 15 is 0 Å². The first-order valence-corrected chi connectivity index (χ1v) is 10.9. The Labute approximate surface area is 188 Å². The molecule has 0 radical (unpaired) electrons. The fourth-order valence-corrected chi connectivity index (χ4v) is 3.92. The average molecular weight is 433 g/mol. The Morgan fingerprint density at radius 2 is 1.94 bits per heavy atom. The molecule has 0 N–H and O–H groups in total. The minimum Gasteiger partial charge on any atom is -0.462 e. The highest BCUT2D eigenvalue weighted by molar-refractivity contribution is 5.76.